The van der Waals surface area contributed by atoms with Gasteiger partial charge in [-0.2, -0.15) is 13.2 Å². The number of halogens is 4. The Morgan fingerprint density at radius 2 is 2.06 bits per heavy atom. The van der Waals surface area contributed by atoms with Crippen molar-refractivity contribution in [2.75, 3.05) is 12.3 Å². The Bertz CT molecular complexity index is 434. The van der Waals surface area contributed by atoms with Crippen molar-refractivity contribution in [3.63, 3.8) is 0 Å². The molecule has 1 aromatic carbocycles. The van der Waals surface area contributed by atoms with Crippen LogP contribution in [0.15, 0.2) is 18.2 Å². The van der Waals surface area contributed by atoms with Crippen molar-refractivity contribution in [2.45, 2.75) is 12.4 Å². The van der Waals surface area contributed by atoms with Gasteiger partial charge in [-0.1, -0.05) is 0 Å². The number of hydrogen-bond donors (Lipinski definition) is 1. The van der Waals surface area contributed by atoms with Crippen LogP contribution in [-0.4, -0.2) is 23.7 Å². The SMILES string of the molecule is Cc1cc(C(=O)NCCSC(F)(F)F)ccc1F. The van der Waals surface area contributed by atoms with Crippen LogP contribution in [0.4, 0.5) is 17.6 Å². The van der Waals surface area contributed by atoms with Gasteiger partial charge < -0.3 is 5.32 Å². The maximum Gasteiger partial charge on any atom is 0.441 e. The van der Waals surface area contributed by atoms with Crippen LogP contribution in [-0.2, 0) is 0 Å². The summed E-state index contributed by atoms with van der Waals surface area (Å²) in [5.74, 6) is -1.20. The molecule has 2 nitrogen and oxygen atoms in total. The standard InChI is InChI=1S/C11H11F4NOS/c1-7-6-8(2-3-9(7)12)10(17)16-4-5-18-11(13,14)15/h2-3,6H,4-5H2,1H3,(H,16,17). The zero-order valence-corrected chi connectivity index (χ0v) is 10.3. The van der Waals surface area contributed by atoms with E-state index in [1.807, 2.05) is 0 Å². The number of carbonyl (C=O) groups excluding carboxylic acids is 1. The van der Waals surface area contributed by atoms with E-state index in [0.29, 0.717) is 5.56 Å². The van der Waals surface area contributed by atoms with Gasteiger partial charge in [0.05, 0.1) is 0 Å². The second-order valence-corrected chi connectivity index (χ2v) is 4.67. The summed E-state index contributed by atoms with van der Waals surface area (Å²) >= 11 is -0.198. The first kappa shape index (κ1) is 14.8. The molecule has 0 spiro atoms. The van der Waals surface area contributed by atoms with E-state index in [4.69, 9.17) is 0 Å². The molecule has 0 saturated carbocycles. The van der Waals surface area contributed by atoms with Gasteiger partial charge in [0.2, 0.25) is 0 Å². The third-order valence-corrected chi connectivity index (χ3v) is 2.81. The number of amides is 1. The van der Waals surface area contributed by atoms with E-state index < -0.39 is 17.2 Å². The van der Waals surface area contributed by atoms with Crippen molar-refractivity contribution in [3.8, 4) is 0 Å². The number of nitrogens with one attached hydrogen (secondary N) is 1. The number of rotatable bonds is 4. The number of carbonyl (C=O) groups is 1. The molecular weight excluding hydrogens is 270 g/mol. The Hall–Kier alpha value is -1.24. The highest BCUT2D eigenvalue weighted by molar-refractivity contribution is 8.00. The number of benzene rings is 1. The van der Waals surface area contributed by atoms with Gasteiger partial charge in [0.25, 0.3) is 5.91 Å². The molecule has 0 aliphatic carbocycles. The summed E-state index contributed by atoms with van der Waals surface area (Å²) in [6.07, 6.45) is 0. The highest BCUT2D eigenvalue weighted by atomic mass is 32.2. The molecule has 1 aromatic rings. The van der Waals surface area contributed by atoms with Crippen molar-refractivity contribution < 1.29 is 22.4 Å². The summed E-state index contributed by atoms with van der Waals surface area (Å²) in [6.45, 7) is 1.41. The summed E-state index contributed by atoms with van der Waals surface area (Å²) in [5.41, 5.74) is -3.75. The van der Waals surface area contributed by atoms with Gasteiger partial charge >= 0.3 is 5.51 Å². The van der Waals surface area contributed by atoms with Crippen molar-refractivity contribution >= 4 is 17.7 Å². The molecular formula is C11H11F4NOS. The van der Waals surface area contributed by atoms with E-state index >= 15 is 0 Å². The van der Waals surface area contributed by atoms with Gasteiger partial charge in [-0.15, -0.1) is 0 Å². The molecule has 0 heterocycles. The van der Waals surface area contributed by atoms with E-state index in [2.05, 4.69) is 5.32 Å². The Balaban J connectivity index is 2.43. The van der Waals surface area contributed by atoms with E-state index in [9.17, 15) is 22.4 Å². The van der Waals surface area contributed by atoms with Crippen LogP contribution in [0.2, 0.25) is 0 Å². The molecule has 18 heavy (non-hydrogen) atoms. The van der Waals surface area contributed by atoms with E-state index in [1.54, 1.807) is 0 Å². The minimum atomic E-state index is -4.29. The minimum Gasteiger partial charge on any atom is -0.351 e. The molecule has 100 valence electrons. The van der Waals surface area contributed by atoms with Crippen LogP contribution in [0.3, 0.4) is 0 Å². The average Bonchev–Trinajstić information content (AvgIpc) is 2.26. The van der Waals surface area contributed by atoms with Crippen LogP contribution in [0.1, 0.15) is 15.9 Å². The predicted octanol–water partition coefficient (Wildman–Crippen LogP) is 3.12. The number of thioether (sulfide) groups is 1. The summed E-state index contributed by atoms with van der Waals surface area (Å²) in [6, 6.07) is 3.78. The van der Waals surface area contributed by atoms with Crippen molar-refractivity contribution in [1.29, 1.82) is 0 Å². The fourth-order valence-corrected chi connectivity index (χ4v) is 1.65. The number of alkyl halides is 3. The van der Waals surface area contributed by atoms with Crippen LogP contribution >= 0.6 is 11.8 Å². The third-order valence-electron chi connectivity index (χ3n) is 2.07. The smallest absolute Gasteiger partial charge is 0.351 e. The molecule has 0 atom stereocenters. The Morgan fingerprint density at radius 3 is 2.61 bits per heavy atom. The number of aryl methyl sites for hydroxylation is 1. The second kappa shape index (κ2) is 6.08. The molecule has 0 aromatic heterocycles. The lowest BCUT2D eigenvalue weighted by atomic mass is 10.1. The van der Waals surface area contributed by atoms with Crippen LogP contribution in [0.5, 0.6) is 0 Å². The summed E-state index contributed by atoms with van der Waals surface area (Å²) < 4.78 is 48.4. The van der Waals surface area contributed by atoms with Gasteiger partial charge in [0.15, 0.2) is 0 Å². The van der Waals surface area contributed by atoms with Crippen molar-refractivity contribution in [2.24, 2.45) is 0 Å². The lowest BCUT2D eigenvalue weighted by molar-refractivity contribution is -0.0327. The molecule has 0 bridgehead atoms. The molecule has 1 amide bonds. The van der Waals surface area contributed by atoms with Crippen molar-refractivity contribution in [1.82, 2.24) is 5.32 Å². The maximum absolute atomic E-state index is 12.9. The Morgan fingerprint density at radius 1 is 1.39 bits per heavy atom. The quantitative estimate of drug-likeness (QED) is 0.678. The zero-order chi connectivity index (χ0) is 13.8. The first-order valence-electron chi connectivity index (χ1n) is 5.04. The van der Waals surface area contributed by atoms with E-state index in [1.165, 1.54) is 19.1 Å². The van der Waals surface area contributed by atoms with Gasteiger partial charge in [-0.25, -0.2) is 4.39 Å². The Labute approximate surface area is 106 Å². The first-order valence-corrected chi connectivity index (χ1v) is 6.03. The van der Waals surface area contributed by atoms with Crippen LogP contribution < -0.4 is 5.32 Å². The van der Waals surface area contributed by atoms with Crippen LogP contribution in [0, 0.1) is 12.7 Å². The molecule has 0 aliphatic rings. The minimum absolute atomic E-state index is 0.0978. The molecule has 1 rings (SSSR count). The predicted molar refractivity (Wildman–Crippen MR) is 62.0 cm³/mol. The van der Waals surface area contributed by atoms with Gasteiger partial charge in [-0.05, 0) is 42.4 Å². The van der Waals surface area contributed by atoms with Crippen LogP contribution in [0.25, 0.3) is 0 Å². The highest BCUT2D eigenvalue weighted by Crippen LogP contribution is 2.29. The highest BCUT2D eigenvalue weighted by Gasteiger charge is 2.27. The second-order valence-electron chi connectivity index (χ2n) is 3.51. The molecule has 0 unspecified atom stereocenters. The molecule has 7 heteroatoms. The van der Waals surface area contributed by atoms with Gasteiger partial charge in [0.1, 0.15) is 5.82 Å². The number of hydrogen-bond acceptors (Lipinski definition) is 2. The van der Waals surface area contributed by atoms with Gasteiger partial charge in [0, 0.05) is 17.9 Å². The normalized spacial score (nSPS) is 11.4. The zero-order valence-electron chi connectivity index (χ0n) is 9.47. The summed E-state index contributed by atoms with van der Waals surface area (Å²) in [4.78, 5) is 11.5. The summed E-state index contributed by atoms with van der Waals surface area (Å²) in [7, 11) is 0. The fraction of sp³-hybridized carbons (Fsp3) is 0.364. The molecule has 0 saturated heterocycles. The monoisotopic (exact) mass is 281 g/mol. The van der Waals surface area contributed by atoms with E-state index in [0.717, 1.165) is 6.07 Å². The lowest BCUT2D eigenvalue weighted by Gasteiger charge is -2.07. The molecule has 0 radical (unpaired) electrons. The molecule has 1 N–H and O–H groups in total. The molecule has 0 fully saturated rings. The van der Waals surface area contributed by atoms with Gasteiger partial charge in [-0.3, -0.25) is 4.79 Å². The fourth-order valence-electron chi connectivity index (χ4n) is 1.22. The Kier molecular flexibility index (Phi) is 5.01. The lowest BCUT2D eigenvalue weighted by Crippen LogP contribution is -2.26. The summed E-state index contributed by atoms with van der Waals surface area (Å²) in [5, 5.41) is 2.34. The average molecular weight is 281 g/mol. The largest absolute Gasteiger partial charge is 0.441 e. The molecule has 0 aliphatic heterocycles. The first-order chi connectivity index (χ1) is 8.29. The topological polar surface area (TPSA) is 29.1 Å². The maximum atomic E-state index is 12.9. The van der Waals surface area contributed by atoms with Crippen molar-refractivity contribution in [3.05, 3.63) is 35.1 Å². The third kappa shape index (κ3) is 4.95. The van der Waals surface area contributed by atoms with E-state index in [-0.39, 0.29) is 29.6 Å².